The Kier molecular flexibility index (Phi) is 4.07. The zero-order valence-corrected chi connectivity index (χ0v) is 13.5. The third-order valence-electron chi connectivity index (χ3n) is 4.51. The molecule has 3 heterocycles. The van der Waals surface area contributed by atoms with Gasteiger partial charge in [0.1, 0.15) is 0 Å². The minimum atomic E-state index is -0.0450. The third kappa shape index (κ3) is 2.99. The molecule has 0 bridgehead atoms. The van der Waals surface area contributed by atoms with Gasteiger partial charge in [0, 0.05) is 31.6 Å². The monoisotopic (exact) mass is 330 g/mol. The van der Waals surface area contributed by atoms with E-state index in [1.165, 1.54) is 17.1 Å². The summed E-state index contributed by atoms with van der Waals surface area (Å²) in [6, 6.07) is 10.7. The van der Waals surface area contributed by atoms with Crippen LogP contribution in [0.1, 0.15) is 16.1 Å². The van der Waals surface area contributed by atoms with E-state index in [1.54, 1.807) is 5.38 Å². The largest absolute Gasteiger partial charge is 0.373 e. The fraction of sp³-hybridized carbons (Fsp3) is 0.438. The number of rotatable bonds is 3. The van der Waals surface area contributed by atoms with E-state index < -0.39 is 0 Å². The number of hydrogen-bond acceptors (Lipinski definition) is 6. The summed E-state index contributed by atoms with van der Waals surface area (Å²) < 4.78 is 9.68. The van der Waals surface area contributed by atoms with Gasteiger partial charge in [0.05, 0.1) is 18.8 Å². The van der Waals surface area contributed by atoms with Gasteiger partial charge < -0.3 is 9.64 Å². The maximum Gasteiger partial charge on any atom is 0.275 e. The van der Waals surface area contributed by atoms with Crippen LogP contribution in [0.5, 0.6) is 0 Å². The van der Waals surface area contributed by atoms with E-state index in [9.17, 15) is 4.79 Å². The lowest BCUT2D eigenvalue weighted by molar-refractivity contribution is -0.0503. The number of carbonyl (C=O) groups excluding carboxylic acids is 1. The van der Waals surface area contributed by atoms with Crippen LogP contribution in [0.25, 0.3) is 0 Å². The van der Waals surface area contributed by atoms with Crippen molar-refractivity contribution in [2.75, 3.05) is 26.2 Å². The number of aromatic nitrogens is 2. The summed E-state index contributed by atoms with van der Waals surface area (Å²) >= 11 is 1.20. The molecule has 0 saturated carbocycles. The third-order valence-corrected chi connectivity index (χ3v) is 5.02. The molecule has 0 spiro atoms. The van der Waals surface area contributed by atoms with Crippen molar-refractivity contribution < 1.29 is 9.53 Å². The highest BCUT2D eigenvalue weighted by atomic mass is 32.1. The van der Waals surface area contributed by atoms with Crippen LogP contribution in [0.15, 0.2) is 35.7 Å². The molecule has 2 aromatic rings. The van der Waals surface area contributed by atoms with Gasteiger partial charge in [-0.05, 0) is 17.1 Å². The molecule has 2 saturated heterocycles. The maximum absolute atomic E-state index is 12.5. The first-order valence-electron chi connectivity index (χ1n) is 7.77. The average molecular weight is 330 g/mol. The van der Waals surface area contributed by atoms with E-state index in [0.29, 0.717) is 25.4 Å². The molecule has 120 valence electrons. The van der Waals surface area contributed by atoms with E-state index in [0.717, 1.165) is 13.1 Å². The summed E-state index contributed by atoms with van der Waals surface area (Å²) in [5, 5.41) is 5.59. The van der Waals surface area contributed by atoms with Gasteiger partial charge in [-0.3, -0.25) is 9.69 Å². The van der Waals surface area contributed by atoms with Gasteiger partial charge >= 0.3 is 0 Å². The molecule has 2 atom stereocenters. The summed E-state index contributed by atoms with van der Waals surface area (Å²) in [5.74, 6) is -0.0450. The summed E-state index contributed by atoms with van der Waals surface area (Å²) in [6.07, 6.45) is 0.0861. The van der Waals surface area contributed by atoms with Crippen molar-refractivity contribution in [1.29, 1.82) is 0 Å². The first-order chi connectivity index (χ1) is 11.3. The van der Waals surface area contributed by atoms with Crippen LogP contribution in [-0.2, 0) is 11.3 Å². The van der Waals surface area contributed by atoms with Gasteiger partial charge in [0.15, 0.2) is 5.69 Å². The van der Waals surface area contributed by atoms with Gasteiger partial charge in [0.25, 0.3) is 5.91 Å². The lowest BCUT2D eigenvalue weighted by atomic mass is 10.1. The van der Waals surface area contributed by atoms with Crippen molar-refractivity contribution in [3.05, 3.63) is 47.0 Å². The predicted octanol–water partition coefficient (Wildman–Crippen LogP) is 1.26. The number of carbonyl (C=O) groups is 1. The number of fused-ring (bicyclic) bond motifs is 1. The van der Waals surface area contributed by atoms with Crippen molar-refractivity contribution >= 4 is 17.4 Å². The van der Waals surface area contributed by atoms with Crippen LogP contribution < -0.4 is 0 Å². The van der Waals surface area contributed by atoms with Gasteiger partial charge in [-0.2, -0.15) is 0 Å². The molecule has 2 aliphatic rings. The van der Waals surface area contributed by atoms with Gasteiger partial charge in [-0.1, -0.05) is 34.8 Å². The first-order valence-corrected chi connectivity index (χ1v) is 8.61. The molecule has 6 nitrogen and oxygen atoms in total. The number of morpholine rings is 1. The Morgan fingerprint density at radius 2 is 2.17 bits per heavy atom. The number of amides is 1. The molecule has 23 heavy (non-hydrogen) atoms. The van der Waals surface area contributed by atoms with Crippen LogP contribution in [0.4, 0.5) is 0 Å². The topological polar surface area (TPSA) is 58.6 Å². The van der Waals surface area contributed by atoms with E-state index in [1.807, 2.05) is 11.0 Å². The fourth-order valence-corrected chi connectivity index (χ4v) is 3.79. The predicted molar refractivity (Wildman–Crippen MR) is 86.2 cm³/mol. The SMILES string of the molecule is O=C(c1csnn1)N1C[C@@H]2OCCN(Cc3ccccc3)[C@H]2C1. The molecular formula is C16H18N4O2S. The van der Waals surface area contributed by atoms with Crippen LogP contribution >= 0.6 is 11.5 Å². The zero-order chi connectivity index (χ0) is 15.6. The maximum atomic E-state index is 12.5. The van der Waals surface area contributed by atoms with Crippen LogP contribution in [0.3, 0.4) is 0 Å². The van der Waals surface area contributed by atoms with Crippen molar-refractivity contribution in [1.82, 2.24) is 19.4 Å². The molecule has 0 unspecified atom stereocenters. The number of benzene rings is 1. The fourth-order valence-electron chi connectivity index (χ4n) is 3.36. The molecule has 1 aromatic carbocycles. The number of hydrogen-bond donors (Lipinski definition) is 0. The molecule has 0 aliphatic carbocycles. The minimum Gasteiger partial charge on any atom is -0.373 e. The summed E-state index contributed by atoms with van der Waals surface area (Å²) in [6.45, 7) is 3.83. The van der Waals surface area contributed by atoms with Crippen molar-refractivity contribution in [3.8, 4) is 0 Å². The first kappa shape index (κ1) is 14.7. The quantitative estimate of drug-likeness (QED) is 0.848. The number of likely N-dealkylation sites (tertiary alicyclic amines) is 1. The Morgan fingerprint density at radius 3 is 2.96 bits per heavy atom. The molecule has 1 aromatic heterocycles. The lowest BCUT2D eigenvalue weighted by Crippen LogP contribution is -2.50. The molecule has 2 aliphatic heterocycles. The van der Waals surface area contributed by atoms with Crippen molar-refractivity contribution in [2.45, 2.75) is 18.7 Å². The van der Waals surface area contributed by atoms with Crippen LogP contribution in [0.2, 0.25) is 0 Å². The van der Waals surface area contributed by atoms with E-state index in [-0.39, 0.29) is 18.1 Å². The molecule has 2 fully saturated rings. The Morgan fingerprint density at radius 1 is 1.30 bits per heavy atom. The second kappa shape index (κ2) is 6.35. The second-order valence-corrected chi connectivity index (χ2v) is 6.54. The summed E-state index contributed by atoms with van der Waals surface area (Å²) in [7, 11) is 0. The highest BCUT2D eigenvalue weighted by Gasteiger charge is 2.42. The smallest absolute Gasteiger partial charge is 0.275 e. The Bertz CT molecular complexity index is 664. The summed E-state index contributed by atoms with van der Waals surface area (Å²) in [4.78, 5) is 16.7. The molecule has 4 rings (SSSR count). The minimum absolute atomic E-state index is 0.0450. The van der Waals surface area contributed by atoms with Crippen molar-refractivity contribution in [2.24, 2.45) is 0 Å². The number of ether oxygens (including phenoxy) is 1. The highest BCUT2D eigenvalue weighted by Crippen LogP contribution is 2.25. The number of nitrogens with zero attached hydrogens (tertiary/aromatic N) is 4. The zero-order valence-electron chi connectivity index (χ0n) is 12.7. The molecule has 0 N–H and O–H groups in total. The summed E-state index contributed by atoms with van der Waals surface area (Å²) in [5.41, 5.74) is 1.73. The van der Waals surface area contributed by atoms with E-state index >= 15 is 0 Å². The average Bonchev–Trinajstić information content (AvgIpc) is 3.25. The van der Waals surface area contributed by atoms with Crippen LogP contribution in [0, 0.1) is 0 Å². The highest BCUT2D eigenvalue weighted by molar-refractivity contribution is 7.03. The Balaban J connectivity index is 1.47. The molecule has 7 heteroatoms. The normalized spacial score (nSPS) is 24.6. The van der Waals surface area contributed by atoms with E-state index in [2.05, 4.69) is 38.8 Å². The van der Waals surface area contributed by atoms with Gasteiger partial charge in [-0.15, -0.1) is 5.10 Å². The molecule has 1 amide bonds. The second-order valence-electron chi connectivity index (χ2n) is 5.93. The molecular weight excluding hydrogens is 312 g/mol. The lowest BCUT2D eigenvalue weighted by Gasteiger charge is -2.36. The Labute approximate surface area is 138 Å². The van der Waals surface area contributed by atoms with Gasteiger partial charge in [-0.25, -0.2) is 0 Å². The standard InChI is InChI=1S/C16H18N4O2S/c21-16(13-11-23-18-17-13)20-9-14-15(10-20)22-7-6-19(14)8-12-4-2-1-3-5-12/h1-5,11,14-15H,6-10H2/t14-,15-/m0/s1. The van der Waals surface area contributed by atoms with Crippen molar-refractivity contribution in [3.63, 3.8) is 0 Å². The van der Waals surface area contributed by atoms with Crippen LogP contribution in [-0.4, -0.2) is 63.7 Å². The molecule has 0 radical (unpaired) electrons. The van der Waals surface area contributed by atoms with E-state index in [4.69, 9.17) is 4.74 Å². The van der Waals surface area contributed by atoms with Gasteiger partial charge in [0.2, 0.25) is 0 Å². The Hall–Kier alpha value is -1.83.